The molecule has 2 amide bonds. The zero-order valence-corrected chi connectivity index (χ0v) is 27.1. The van der Waals surface area contributed by atoms with E-state index >= 15 is 0 Å². The molecule has 1 unspecified atom stereocenters. The lowest BCUT2D eigenvalue weighted by atomic mass is 10.0. The molecule has 0 aliphatic heterocycles. The van der Waals surface area contributed by atoms with Crippen molar-refractivity contribution in [2.24, 2.45) is 0 Å². The number of anilines is 1. The average Bonchev–Trinajstić information content (AvgIpc) is 3.06. The first-order valence-corrected chi connectivity index (χ1v) is 16.8. The highest BCUT2D eigenvalue weighted by Gasteiger charge is 2.36. The SMILES string of the molecule is CCCCNC(=O)C(Cc1ccccc1)N(Cc1ccccc1)C(=O)CN(c1cccc(C(F)(F)F)c1)S(=O)(=O)c1ccc(C)cc1. The maximum Gasteiger partial charge on any atom is 0.416 e. The van der Waals surface area contributed by atoms with Gasteiger partial charge in [0.25, 0.3) is 10.0 Å². The number of nitrogens with one attached hydrogen (secondary N) is 1. The number of carbonyl (C=O) groups is 2. The summed E-state index contributed by atoms with van der Waals surface area (Å²) < 4.78 is 70.2. The molecule has 7 nitrogen and oxygen atoms in total. The van der Waals surface area contributed by atoms with E-state index in [9.17, 15) is 31.2 Å². The number of halogens is 3. The van der Waals surface area contributed by atoms with Crippen molar-refractivity contribution in [3.8, 4) is 0 Å². The Kier molecular flexibility index (Phi) is 11.8. The van der Waals surface area contributed by atoms with Crippen LogP contribution in [-0.4, -0.2) is 44.3 Å². The number of hydrogen-bond acceptors (Lipinski definition) is 4. The van der Waals surface area contributed by atoms with Crippen molar-refractivity contribution in [1.29, 1.82) is 0 Å². The van der Waals surface area contributed by atoms with Gasteiger partial charge < -0.3 is 10.2 Å². The van der Waals surface area contributed by atoms with Gasteiger partial charge in [-0.2, -0.15) is 13.2 Å². The van der Waals surface area contributed by atoms with Crippen LogP contribution in [0.1, 0.15) is 42.0 Å². The van der Waals surface area contributed by atoms with E-state index in [2.05, 4.69) is 5.32 Å². The van der Waals surface area contributed by atoms with E-state index in [4.69, 9.17) is 0 Å². The van der Waals surface area contributed by atoms with Crippen molar-refractivity contribution in [1.82, 2.24) is 10.2 Å². The molecule has 0 spiro atoms. The van der Waals surface area contributed by atoms with Crippen LogP contribution in [0.25, 0.3) is 0 Å². The normalized spacial score (nSPS) is 12.3. The van der Waals surface area contributed by atoms with Gasteiger partial charge in [-0.1, -0.05) is 97.8 Å². The number of carbonyl (C=O) groups excluding carboxylic acids is 2. The number of benzene rings is 4. The molecule has 1 N–H and O–H groups in total. The monoisotopic (exact) mass is 665 g/mol. The Labute approximate surface area is 274 Å². The Morgan fingerprint density at radius 1 is 0.830 bits per heavy atom. The number of nitrogens with zero attached hydrogens (tertiary/aromatic N) is 2. The maximum atomic E-state index is 14.4. The molecule has 0 aromatic heterocycles. The van der Waals surface area contributed by atoms with E-state index in [0.717, 1.165) is 29.7 Å². The van der Waals surface area contributed by atoms with Crippen molar-refractivity contribution in [2.45, 2.75) is 56.8 Å². The summed E-state index contributed by atoms with van der Waals surface area (Å²) in [4.78, 5) is 29.3. The largest absolute Gasteiger partial charge is 0.416 e. The van der Waals surface area contributed by atoms with Gasteiger partial charge in [0.2, 0.25) is 11.8 Å². The van der Waals surface area contributed by atoms with Crippen LogP contribution in [-0.2, 0) is 38.8 Å². The van der Waals surface area contributed by atoms with Gasteiger partial charge in [0.1, 0.15) is 12.6 Å². The third-order valence-corrected chi connectivity index (χ3v) is 9.43. The smallest absolute Gasteiger partial charge is 0.354 e. The molecule has 0 saturated carbocycles. The van der Waals surface area contributed by atoms with Gasteiger partial charge in [0, 0.05) is 19.5 Å². The van der Waals surface area contributed by atoms with Gasteiger partial charge in [-0.3, -0.25) is 13.9 Å². The molecular weight excluding hydrogens is 627 g/mol. The van der Waals surface area contributed by atoms with Crippen molar-refractivity contribution in [3.63, 3.8) is 0 Å². The summed E-state index contributed by atoms with van der Waals surface area (Å²) in [5.74, 6) is -1.17. The van der Waals surface area contributed by atoms with E-state index < -0.39 is 46.2 Å². The third kappa shape index (κ3) is 9.45. The molecular formula is C36H38F3N3O4S. The summed E-state index contributed by atoms with van der Waals surface area (Å²) in [6.07, 6.45) is -3.07. The van der Waals surface area contributed by atoms with Crippen molar-refractivity contribution < 1.29 is 31.2 Å². The number of amides is 2. The Morgan fingerprint density at radius 3 is 2.04 bits per heavy atom. The number of alkyl halides is 3. The Balaban J connectivity index is 1.82. The summed E-state index contributed by atoms with van der Waals surface area (Å²) in [7, 11) is -4.54. The summed E-state index contributed by atoms with van der Waals surface area (Å²) in [5.41, 5.74) is 0.839. The molecule has 0 fully saturated rings. The van der Waals surface area contributed by atoms with E-state index in [1.165, 1.54) is 23.1 Å². The van der Waals surface area contributed by atoms with E-state index in [0.29, 0.717) is 28.9 Å². The molecule has 11 heteroatoms. The molecule has 248 valence electrons. The van der Waals surface area contributed by atoms with E-state index in [-0.39, 0.29) is 23.5 Å². The standard InChI is InChI=1S/C36H38F3N3O4S/c1-3-4-22-40-35(44)33(23-28-12-7-5-8-13-28)41(25-29-14-9-6-10-15-29)34(43)26-42(31-17-11-16-30(24-31)36(37,38)39)47(45,46)32-20-18-27(2)19-21-32/h5-21,24,33H,3-4,22-23,25-26H2,1-2H3,(H,40,44). The minimum absolute atomic E-state index is 0.0423. The molecule has 0 aliphatic rings. The Hall–Kier alpha value is -4.64. The van der Waals surface area contributed by atoms with Crippen molar-refractivity contribution in [3.05, 3.63) is 131 Å². The number of aryl methyl sites for hydroxylation is 1. The van der Waals surface area contributed by atoms with Gasteiger partial charge in [-0.05, 0) is 54.8 Å². The molecule has 4 aromatic carbocycles. The average molecular weight is 666 g/mol. The fourth-order valence-corrected chi connectivity index (χ4v) is 6.45. The second-order valence-corrected chi connectivity index (χ2v) is 13.1. The van der Waals surface area contributed by atoms with Crippen LogP contribution < -0.4 is 9.62 Å². The van der Waals surface area contributed by atoms with Gasteiger partial charge in [0.15, 0.2) is 0 Å². The van der Waals surface area contributed by atoms with E-state index in [1.54, 1.807) is 49.4 Å². The van der Waals surface area contributed by atoms with Gasteiger partial charge >= 0.3 is 6.18 Å². The van der Waals surface area contributed by atoms with Gasteiger partial charge in [-0.25, -0.2) is 8.42 Å². The van der Waals surface area contributed by atoms with Crippen LogP contribution in [0.2, 0.25) is 0 Å². The second kappa shape index (κ2) is 15.8. The Morgan fingerprint density at radius 2 is 1.45 bits per heavy atom. The van der Waals surface area contributed by atoms with Gasteiger partial charge in [-0.15, -0.1) is 0 Å². The zero-order chi connectivity index (χ0) is 34.0. The molecule has 0 radical (unpaired) electrons. The molecule has 47 heavy (non-hydrogen) atoms. The van der Waals surface area contributed by atoms with Crippen molar-refractivity contribution >= 4 is 27.5 Å². The minimum Gasteiger partial charge on any atom is -0.354 e. The highest BCUT2D eigenvalue weighted by Crippen LogP contribution is 2.33. The predicted molar refractivity (Wildman–Crippen MR) is 176 cm³/mol. The fraction of sp³-hybridized carbons (Fsp3) is 0.278. The lowest BCUT2D eigenvalue weighted by Crippen LogP contribution is -2.53. The van der Waals surface area contributed by atoms with Crippen LogP contribution in [0.3, 0.4) is 0 Å². The number of sulfonamides is 1. The van der Waals surface area contributed by atoms with Crippen LogP contribution in [0, 0.1) is 6.92 Å². The molecule has 4 rings (SSSR count). The molecule has 4 aromatic rings. The van der Waals surface area contributed by atoms with Crippen LogP contribution >= 0.6 is 0 Å². The van der Waals surface area contributed by atoms with E-state index in [1.807, 2.05) is 37.3 Å². The van der Waals surface area contributed by atoms with Crippen LogP contribution in [0.15, 0.2) is 114 Å². The molecule has 0 saturated heterocycles. The third-order valence-electron chi connectivity index (χ3n) is 7.65. The Bertz CT molecular complexity index is 1730. The van der Waals surface area contributed by atoms with Crippen LogP contribution in [0.4, 0.5) is 18.9 Å². The summed E-state index contributed by atoms with van der Waals surface area (Å²) in [5, 5.41) is 2.91. The highest BCUT2D eigenvalue weighted by molar-refractivity contribution is 7.92. The molecule has 1 atom stereocenters. The first kappa shape index (κ1) is 35.2. The topological polar surface area (TPSA) is 86.8 Å². The summed E-state index contributed by atoms with van der Waals surface area (Å²) in [6, 6.07) is 26.7. The number of hydrogen-bond donors (Lipinski definition) is 1. The number of unbranched alkanes of at least 4 members (excludes halogenated alkanes) is 1. The minimum atomic E-state index is -4.75. The first-order chi connectivity index (χ1) is 22.4. The maximum absolute atomic E-state index is 14.4. The quantitative estimate of drug-likeness (QED) is 0.151. The summed E-state index contributed by atoms with van der Waals surface area (Å²) >= 11 is 0. The highest BCUT2D eigenvalue weighted by atomic mass is 32.2. The lowest BCUT2D eigenvalue weighted by Gasteiger charge is -2.34. The molecule has 0 aliphatic carbocycles. The number of rotatable bonds is 14. The fourth-order valence-electron chi connectivity index (χ4n) is 5.04. The van der Waals surface area contributed by atoms with Crippen LogP contribution in [0.5, 0.6) is 0 Å². The first-order valence-electron chi connectivity index (χ1n) is 15.3. The van der Waals surface area contributed by atoms with Crippen molar-refractivity contribution in [2.75, 3.05) is 17.4 Å². The summed E-state index contributed by atoms with van der Waals surface area (Å²) in [6.45, 7) is 3.24. The zero-order valence-electron chi connectivity index (χ0n) is 26.3. The predicted octanol–water partition coefficient (Wildman–Crippen LogP) is 6.77. The van der Waals surface area contributed by atoms with Gasteiger partial charge in [0.05, 0.1) is 16.1 Å². The molecule has 0 bridgehead atoms. The molecule has 0 heterocycles. The lowest BCUT2D eigenvalue weighted by molar-refractivity contribution is -0.140. The second-order valence-electron chi connectivity index (χ2n) is 11.2.